The Labute approximate surface area is 124 Å². The third-order valence-corrected chi connectivity index (χ3v) is 5.15. The molecule has 3 nitrogen and oxygen atoms in total. The molecule has 2 unspecified atom stereocenters. The molecular weight excluding hydrogens is 269 g/mol. The van der Waals surface area contributed by atoms with Gasteiger partial charge in [0.15, 0.2) is 0 Å². The number of nitrogens with zero attached hydrogens (tertiary/aromatic N) is 1. The van der Waals surface area contributed by atoms with Crippen LogP contribution in [-0.4, -0.2) is 35.1 Å². The second kappa shape index (κ2) is 5.76. The van der Waals surface area contributed by atoms with Crippen LogP contribution in [0, 0.1) is 17.7 Å². The summed E-state index contributed by atoms with van der Waals surface area (Å²) >= 11 is 0. The van der Waals surface area contributed by atoms with E-state index in [9.17, 15) is 14.3 Å². The SMILES string of the molecule is CN(C(=O)Cc1cccc(F)c1)C1C[C@H]2CC(O)C[C@H]2C1. The van der Waals surface area contributed by atoms with Crippen molar-refractivity contribution < 1.29 is 14.3 Å². The van der Waals surface area contributed by atoms with Crippen molar-refractivity contribution in [1.82, 2.24) is 4.90 Å². The molecule has 21 heavy (non-hydrogen) atoms. The normalized spacial score (nSPS) is 31.2. The van der Waals surface area contributed by atoms with Gasteiger partial charge >= 0.3 is 0 Å². The quantitative estimate of drug-likeness (QED) is 0.929. The molecule has 0 bridgehead atoms. The lowest BCUT2D eigenvalue weighted by molar-refractivity contribution is -0.131. The lowest BCUT2D eigenvalue weighted by atomic mass is 10.0. The van der Waals surface area contributed by atoms with E-state index in [1.807, 2.05) is 11.9 Å². The fourth-order valence-electron chi connectivity index (χ4n) is 4.02. The lowest BCUT2D eigenvalue weighted by Crippen LogP contribution is -2.37. The minimum Gasteiger partial charge on any atom is -0.393 e. The Morgan fingerprint density at radius 2 is 1.95 bits per heavy atom. The molecule has 1 N–H and O–H groups in total. The van der Waals surface area contributed by atoms with Gasteiger partial charge in [-0.1, -0.05) is 12.1 Å². The number of carbonyl (C=O) groups excluding carboxylic acids is 1. The predicted molar refractivity (Wildman–Crippen MR) is 78.1 cm³/mol. The molecule has 4 atom stereocenters. The summed E-state index contributed by atoms with van der Waals surface area (Å²) in [5, 5.41) is 9.67. The van der Waals surface area contributed by atoms with Crippen LogP contribution in [0.1, 0.15) is 31.2 Å². The highest BCUT2D eigenvalue weighted by Crippen LogP contribution is 2.45. The molecule has 2 aliphatic rings. The van der Waals surface area contributed by atoms with Crippen LogP contribution < -0.4 is 0 Å². The molecule has 0 spiro atoms. The molecule has 0 aliphatic heterocycles. The Kier molecular flexibility index (Phi) is 3.98. The molecule has 2 fully saturated rings. The van der Waals surface area contributed by atoms with Gasteiger partial charge in [0.1, 0.15) is 5.82 Å². The van der Waals surface area contributed by atoms with Crippen LogP contribution in [-0.2, 0) is 11.2 Å². The van der Waals surface area contributed by atoms with Gasteiger partial charge in [-0.3, -0.25) is 4.79 Å². The second-order valence-corrected chi connectivity index (χ2v) is 6.58. The summed E-state index contributed by atoms with van der Waals surface area (Å²) in [5.74, 6) is 0.877. The molecule has 114 valence electrons. The molecule has 2 saturated carbocycles. The van der Waals surface area contributed by atoms with Crippen LogP contribution in [0.3, 0.4) is 0 Å². The standard InChI is InChI=1S/C17H22FNO2/c1-19(15-7-12-9-16(20)10-13(12)8-15)17(21)6-11-3-2-4-14(18)5-11/h2-5,12-13,15-16,20H,6-10H2,1H3/t12-,13+,15?,16?. The number of amides is 1. The van der Waals surface area contributed by atoms with E-state index in [1.165, 1.54) is 12.1 Å². The molecule has 0 radical (unpaired) electrons. The van der Waals surface area contributed by atoms with Crippen molar-refractivity contribution in [1.29, 1.82) is 0 Å². The van der Waals surface area contributed by atoms with Crippen molar-refractivity contribution >= 4 is 5.91 Å². The first-order chi connectivity index (χ1) is 10.0. The van der Waals surface area contributed by atoms with Crippen molar-refractivity contribution in [2.45, 2.75) is 44.2 Å². The maximum Gasteiger partial charge on any atom is 0.226 e. The summed E-state index contributed by atoms with van der Waals surface area (Å²) in [6, 6.07) is 6.51. The molecule has 0 aromatic heterocycles. The fourth-order valence-corrected chi connectivity index (χ4v) is 4.02. The van der Waals surface area contributed by atoms with Crippen molar-refractivity contribution in [3.8, 4) is 0 Å². The summed E-state index contributed by atoms with van der Waals surface area (Å²) in [6.07, 6.45) is 3.86. The number of rotatable bonds is 3. The van der Waals surface area contributed by atoms with E-state index in [1.54, 1.807) is 12.1 Å². The van der Waals surface area contributed by atoms with Gasteiger partial charge in [-0.15, -0.1) is 0 Å². The summed E-state index contributed by atoms with van der Waals surface area (Å²) in [6.45, 7) is 0. The number of hydrogen-bond donors (Lipinski definition) is 1. The first-order valence-corrected chi connectivity index (χ1v) is 7.71. The number of aliphatic hydroxyl groups excluding tert-OH is 1. The zero-order valence-electron chi connectivity index (χ0n) is 12.3. The van der Waals surface area contributed by atoms with E-state index in [0.29, 0.717) is 11.8 Å². The second-order valence-electron chi connectivity index (χ2n) is 6.58. The summed E-state index contributed by atoms with van der Waals surface area (Å²) in [4.78, 5) is 14.2. The van der Waals surface area contributed by atoms with E-state index in [-0.39, 0.29) is 30.3 Å². The zero-order valence-corrected chi connectivity index (χ0v) is 12.3. The highest BCUT2D eigenvalue weighted by Gasteiger charge is 2.42. The Balaban J connectivity index is 1.58. The van der Waals surface area contributed by atoms with Crippen molar-refractivity contribution in [3.05, 3.63) is 35.6 Å². The molecule has 3 rings (SSSR count). The Morgan fingerprint density at radius 3 is 2.57 bits per heavy atom. The smallest absolute Gasteiger partial charge is 0.226 e. The molecule has 4 heteroatoms. The van der Waals surface area contributed by atoms with Gasteiger partial charge in [-0.2, -0.15) is 0 Å². The van der Waals surface area contributed by atoms with Gasteiger partial charge in [0.05, 0.1) is 12.5 Å². The number of aliphatic hydroxyl groups is 1. The summed E-state index contributed by atoms with van der Waals surface area (Å²) in [7, 11) is 1.85. The van der Waals surface area contributed by atoms with E-state index in [2.05, 4.69) is 0 Å². The maximum absolute atomic E-state index is 13.2. The van der Waals surface area contributed by atoms with Crippen LogP contribution in [0.2, 0.25) is 0 Å². The monoisotopic (exact) mass is 291 g/mol. The number of fused-ring (bicyclic) bond motifs is 1. The first-order valence-electron chi connectivity index (χ1n) is 7.71. The number of benzene rings is 1. The molecule has 1 aromatic carbocycles. The lowest BCUT2D eigenvalue weighted by Gasteiger charge is -2.25. The van der Waals surface area contributed by atoms with Gasteiger partial charge in [0.25, 0.3) is 0 Å². The number of hydrogen-bond acceptors (Lipinski definition) is 2. The fraction of sp³-hybridized carbons (Fsp3) is 0.588. The van der Waals surface area contributed by atoms with Crippen LogP contribution in [0.25, 0.3) is 0 Å². The Bertz CT molecular complexity index is 519. The topological polar surface area (TPSA) is 40.5 Å². The third kappa shape index (κ3) is 3.10. The molecule has 1 amide bonds. The largest absolute Gasteiger partial charge is 0.393 e. The van der Waals surface area contributed by atoms with Crippen LogP contribution in [0.4, 0.5) is 4.39 Å². The van der Waals surface area contributed by atoms with Crippen molar-refractivity contribution in [3.63, 3.8) is 0 Å². The average molecular weight is 291 g/mol. The Morgan fingerprint density at radius 1 is 1.29 bits per heavy atom. The van der Waals surface area contributed by atoms with Gasteiger partial charge < -0.3 is 10.0 Å². The van der Waals surface area contributed by atoms with E-state index >= 15 is 0 Å². The molecular formula is C17H22FNO2. The maximum atomic E-state index is 13.2. The van der Waals surface area contributed by atoms with Gasteiger partial charge in [0.2, 0.25) is 5.91 Å². The third-order valence-electron chi connectivity index (χ3n) is 5.15. The molecule has 2 aliphatic carbocycles. The van der Waals surface area contributed by atoms with Crippen molar-refractivity contribution in [2.24, 2.45) is 11.8 Å². The van der Waals surface area contributed by atoms with Crippen LogP contribution in [0.15, 0.2) is 24.3 Å². The van der Waals surface area contributed by atoms with Crippen molar-refractivity contribution in [2.75, 3.05) is 7.05 Å². The average Bonchev–Trinajstić information content (AvgIpc) is 2.94. The number of likely N-dealkylation sites (N-methyl/N-ethyl adjacent to an activating group) is 1. The van der Waals surface area contributed by atoms with E-state index < -0.39 is 0 Å². The number of carbonyl (C=O) groups is 1. The minimum absolute atomic E-state index is 0.0473. The summed E-state index contributed by atoms with van der Waals surface area (Å²) in [5.41, 5.74) is 0.723. The van der Waals surface area contributed by atoms with Gasteiger partial charge in [-0.25, -0.2) is 4.39 Å². The van der Waals surface area contributed by atoms with Crippen LogP contribution in [0.5, 0.6) is 0 Å². The summed E-state index contributed by atoms with van der Waals surface area (Å²) < 4.78 is 13.2. The van der Waals surface area contributed by atoms with E-state index in [0.717, 1.165) is 31.2 Å². The minimum atomic E-state index is -0.299. The first kappa shape index (κ1) is 14.5. The predicted octanol–water partition coefficient (Wildman–Crippen LogP) is 2.38. The molecule has 0 heterocycles. The highest BCUT2D eigenvalue weighted by atomic mass is 19.1. The Hall–Kier alpha value is -1.42. The van der Waals surface area contributed by atoms with Gasteiger partial charge in [-0.05, 0) is 55.2 Å². The molecule has 1 aromatic rings. The highest BCUT2D eigenvalue weighted by molar-refractivity contribution is 5.78. The number of halogens is 1. The molecule has 0 saturated heterocycles. The van der Waals surface area contributed by atoms with Crippen LogP contribution >= 0.6 is 0 Å². The van der Waals surface area contributed by atoms with E-state index in [4.69, 9.17) is 0 Å². The van der Waals surface area contributed by atoms with Gasteiger partial charge in [0, 0.05) is 13.1 Å². The zero-order chi connectivity index (χ0) is 15.0.